The highest BCUT2D eigenvalue weighted by Gasteiger charge is 2.66. The second-order valence-electron chi connectivity index (χ2n) is 6.03. The van der Waals surface area contributed by atoms with E-state index in [4.69, 9.17) is 0 Å². The van der Waals surface area contributed by atoms with Crippen LogP contribution in [0.2, 0.25) is 0 Å². The van der Waals surface area contributed by atoms with Gasteiger partial charge >= 0.3 is 11.2 Å². The smallest absolute Gasteiger partial charge is 0.206 e. The molecule has 1 saturated carbocycles. The van der Waals surface area contributed by atoms with E-state index < -0.39 is 27.6 Å². The van der Waals surface area contributed by atoms with Gasteiger partial charge in [-0.25, -0.2) is 8.42 Å². The molecule has 21 heavy (non-hydrogen) atoms. The summed E-state index contributed by atoms with van der Waals surface area (Å²) >= 11 is 0. The summed E-state index contributed by atoms with van der Waals surface area (Å²) in [7, 11) is -5.33. The number of fused-ring (bicyclic) bond motifs is 1. The predicted molar refractivity (Wildman–Crippen MR) is 70.7 cm³/mol. The average Bonchev–Trinajstić information content (AvgIpc) is 2.46. The molecule has 0 radical (unpaired) electrons. The molecular weight excluding hydrogens is 310 g/mol. The van der Waals surface area contributed by atoms with Gasteiger partial charge in [-0.05, 0) is 24.7 Å². The monoisotopic (exact) mass is 331 g/mol. The molecule has 0 spiro atoms. The van der Waals surface area contributed by atoms with E-state index in [1.165, 1.54) is 0 Å². The van der Waals surface area contributed by atoms with E-state index in [0.29, 0.717) is 16.6 Å². The van der Waals surface area contributed by atoms with Gasteiger partial charge in [-0.2, -0.15) is 21.9 Å². The molecule has 0 aromatic carbocycles. The zero-order chi connectivity index (χ0) is 15.9. The van der Waals surface area contributed by atoms with Crippen molar-refractivity contribution < 1.29 is 26.0 Å². The molecule has 1 aliphatic heterocycles. The Bertz CT molecular complexity index is 481. The van der Waals surface area contributed by atoms with Gasteiger partial charge in [-0.1, -0.05) is 26.2 Å². The summed E-state index contributed by atoms with van der Waals surface area (Å²) in [5.74, 6) is -4.19. The first-order chi connectivity index (χ1) is 9.63. The summed E-state index contributed by atoms with van der Waals surface area (Å²) < 4.78 is 78.9. The minimum Gasteiger partial charge on any atom is -0.206 e. The van der Waals surface area contributed by atoms with E-state index in [9.17, 15) is 26.0 Å². The minimum absolute atomic E-state index is 0.0216. The van der Waals surface area contributed by atoms with Gasteiger partial charge in [0.1, 0.15) is 0 Å². The van der Waals surface area contributed by atoms with Gasteiger partial charge in [0.25, 0.3) is 10.0 Å². The van der Waals surface area contributed by atoms with Crippen molar-refractivity contribution in [3.05, 3.63) is 0 Å². The maximum Gasteiger partial charge on any atom is 0.420 e. The van der Waals surface area contributed by atoms with Gasteiger partial charge in [0.15, 0.2) is 0 Å². The molecule has 2 aliphatic rings. The van der Waals surface area contributed by atoms with Crippen molar-refractivity contribution in [1.29, 1.82) is 0 Å². The largest absolute Gasteiger partial charge is 0.420 e. The van der Waals surface area contributed by atoms with E-state index in [2.05, 4.69) is 0 Å². The van der Waals surface area contributed by atoms with Crippen LogP contribution in [0.5, 0.6) is 0 Å². The van der Waals surface area contributed by atoms with Crippen molar-refractivity contribution in [2.24, 2.45) is 11.8 Å². The Morgan fingerprint density at radius 1 is 1.05 bits per heavy atom. The molecule has 3 nitrogen and oxygen atoms in total. The second kappa shape index (κ2) is 5.68. The van der Waals surface area contributed by atoms with Crippen LogP contribution < -0.4 is 0 Å². The normalized spacial score (nSPS) is 29.2. The van der Waals surface area contributed by atoms with E-state index in [1.807, 2.05) is 0 Å². The number of piperidine rings is 1. The number of hydrogen-bond acceptors (Lipinski definition) is 2. The van der Waals surface area contributed by atoms with E-state index in [-0.39, 0.29) is 19.0 Å². The van der Waals surface area contributed by atoms with Crippen LogP contribution in [-0.2, 0) is 10.0 Å². The third-order valence-electron chi connectivity index (χ3n) is 4.79. The summed E-state index contributed by atoms with van der Waals surface area (Å²) in [6.07, 6.45) is 3.04. The van der Waals surface area contributed by atoms with Crippen LogP contribution in [0.15, 0.2) is 0 Å². The summed E-state index contributed by atoms with van der Waals surface area (Å²) in [6, 6.07) is 0. The molecule has 0 N–H and O–H groups in total. The lowest BCUT2D eigenvalue weighted by Gasteiger charge is -2.42. The van der Waals surface area contributed by atoms with Gasteiger partial charge in [0, 0.05) is 19.5 Å². The molecule has 0 bridgehead atoms. The predicted octanol–water partition coefficient (Wildman–Crippen LogP) is 3.47. The second-order valence-corrected chi connectivity index (χ2v) is 8.01. The first-order valence-corrected chi connectivity index (χ1v) is 8.83. The number of nitrogens with zero attached hydrogens (tertiary/aromatic N) is 1. The fourth-order valence-corrected chi connectivity index (χ4v) is 4.92. The molecule has 1 heterocycles. The van der Waals surface area contributed by atoms with Crippen LogP contribution in [0, 0.1) is 11.8 Å². The van der Waals surface area contributed by atoms with Gasteiger partial charge < -0.3 is 0 Å². The molecule has 2 unspecified atom stereocenters. The third-order valence-corrected chi connectivity index (χ3v) is 6.75. The number of halogens is 4. The zero-order valence-electron chi connectivity index (χ0n) is 12.0. The Kier molecular flexibility index (Phi) is 4.60. The molecule has 0 aromatic rings. The Morgan fingerprint density at radius 3 is 2.19 bits per heavy atom. The van der Waals surface area contributed by atoms with Crippen LogP contribution >= 0.6 is 0 Å². The lowest BCUT2D eigenvalue weighted by atomic mass is 9.76. The summed E-state index contributed by atoms with van der Waals surface area (Å²) in [4.78, 5) is 0. The number of sulfonamides is 1. The van der Waals surface area contributed by atoms with Crippen LogP contribution in [0.1, 0.15) is 45.4 Å². The van der Waals surface area contributed by atoms with Crippen LogP contribution in [-0.4, -0.2) is 37.0 Å². The summed E-state index contributed by atoms with van der Waals surface area (Å²) in [5, 5.41) is -5.05. The molecule has 8 heteroatoms. The van der Waals surface area contributed by atoms with Crippen LogP contribution in [0.3, 0.4) is 0 Å². The fraction of sp³-hybridized carbons (Fsp3) is 1.00. The van der Waals surface area contributed by atoms with Crippen molar-refractivity contribution in [2.45, 2.75) is 56.6 Å². The molecule has 1 aliphatic carbocycles. The standard InChI is InChI=1S/C13H21F4NO2S/c1-2-12(14,15)13(16,17)21(19,20)18-8-7-10-5-3-4-6-11(10)9-18/h10-11H,2-9H2,1H3. The topological polar surface area (TPSA) is 37.4 Å². The highest BCUT2D eigenvalue weighted by molar-refractivity contribution is 7.90. The molecule has 124 valence electrons. The number of rotatable bonds is 4. The Hall–Kier alpha value is -0.370. The van der Waals surface area contributed by atoms with Crippen LogP contribution in [0.25, 0.3) is 0 Å². The zero-order valence-corrected chi connectivity index (χ0v) is 12.8. The Balaban J connectivity index is 2.20. The van der Waals surface area contributed by atoms with Crippen LogP contribution in [0.4, 0.5) is 17.6 Å². The minimum atomic E-state index is -5.33. The first-order valence-electron chi connectivity index (χ1n) is 7.39. The van der Waals surface area contributed by atoms with Crippen molar-refractivity contribution in [2.75, 3.05) is 13.1 Å². The highest BCUT2D eigenvalue weighted by Crippen LogP contribution is 2.45. The van der Waals surface area contributed by atoms with Crippen molar-refractivity contribution >= 4 is 10.0 Å². The fourth-order valence-electron chi connectivity index (χ4n) is 3.34. The van der Waals surface area contributed by atoms with Gasteiger partial charge in [-0.3, -0.25) is 0 Å². The Labute approximate surface area is 122 Å². The number of alkyl halides is 4. The van der Waals surface area contributed by atoms with Gasteiger partial charge in [0.2, 0.25) is 0 Å². The summed E-state index contributed by atoms with van der Waals surface area (Å²) in [6.45, 7) is 0.720. The average molecular weight is 331 g/mol. The van der Waals surface area contributed by atoms with Crippen molar-refractivity contribution in [3.63, 3.8) is 0 Å². The lowest BCUT2D eigenvalue weighted by molar-refractivity contribution is -0.160. The van der Waals surface area contributed by atoms with E-state index in [1.54, 1.807) is 0 Å². The van der Waals surface area contributed by atoms with E-state index >= 15 is 0 Å². The molecule has 2 fully saturated rings. The highest BCUT2D eigenvalue weighted by atomic mass is 32.2. The first kappa shape index (κ1) is 17.0. The number of hydrogen-bond donors (Lipinski definition) is 0. The third kappa shape index (κ3) is 2.81. The molecule has 0 aromatic heterocycles. The molecule has 2 atom stereocenters. The quantitative estimate of drug-likeness (QED) is 0.740. The molecule has 2 rings (SSSR count). The van der Waals surface area contributed by atoms with E-state index in [0.717, 1.165) is 32.6 Å². The lowest BCUT2D eigenvalue weighted by Crippen LogP contribution is -2.56. The van der Waals surface area contributed by atoms with Gasteiger partial charge in [0.05, 0.1) is 0 Å². The molecular formula is C13H21F4NO2S. The van der Waals surface area contributed by atoms with Crippen molar-refractivity contribution in [1.82, 2.24) is 4.31 Å². The maximum absolute atomic E-state index is 13.8. The van der Waals surface area contributed by atoms with Gasteiger partial charge in [-0.15, -0.1) is 0 Å². The molecule has 0 amide bonds. The molecule has 1 saturated heterocycles. The Morgan fingerprint density at radius 2 is 1.62 bits per heavy atom. The van der Waals surface area contributed by atoms with Crippen molar-refractivity contribution in [3.8, 4) is 0 Å². The summed E-state index contributed by atoms with van der Waals surface area (Å²) in [5.41, 5.74) is 0. The SMILES string of the molecule is CCC(F)(F)C(F)(F)S(=O)(=O)N1CCC2CCCCC2C1. The maximum atomic E-state index is 13.8.